The van der Waals surface area contributed by atoms with Crippen LogP contribution in [0.25, 0.3) is 0 Å². The van der Waals surface area contributed by atoms with Crippen molar-refractivity contribution in [3.8, 4) is 34.5 Å². The molecule has 0 radical (unpaired) electrons. The molecular formula is C35H35Br3O6. The molecule has 0 aromatic heterocycles. The number of alkyl halides is 1. The largest absolute Gasteiger partial charge is 0.497 e. The van der Waals surface area contributed by atoms with E-state index in [-0.39, 0.29) is 17.8 Å². The molecule has 0 saturated heterocycles. The standard InChI is InChI=1S/C35H35Br3O6/c1-39-21-11-7-19(8-12-21)23-15-24(20-9-13-22(40-2)14-10-20)32(33-30(23)26(41-3)17-29(44-6)35(33)38)31-25(18-36)34(37)28(43-5)16-27(31)42-4/h7-14,16-17,23-24,32H,15,18H2,1-6H3/t23-,24?,32?/m1/s1. The Morgan fingerprint density at radius 3 is 1.52 bits per heavy atom. The number of hydrogen-bond donors (Lipinski definition) is 0. The van der Waals surface area contributed by atoms with Gasteiger partial charge in [-0.15, -0.1) is 0 Å². The van der Waals surface area contributed by atoms with Crippen LogP contribution in [0, 0.1) is 0 Å². The van der Waals surface area contributed by atoms with E-state index in [9.17, 15) is 0 Å². The zero-order valence-electron chi connectivity index (χ0n) is 25.5. The lowest BCUT2D eigenvalue weighted by Crippen LogP contribution is -2.27. The van der Waals surface area contributed by atoms with Gasteiger partial charge in [-0.3, -0.25) is 0 Å². The van der Waals surface area contributed by atoms with E-state index in [4.69, 9.17) is 28.4 Å². The van der Waals surface area contributed by atoms with Gasteiger partial charge in [0.2, 0.25) is 0 Å². The molecule has 0 aliphatic heterocycles. The van der Waals surface area contributed by atoms with Gasteiger partial charge in [0.1, 0.15) is 34.5 Å². The molecule has 9 heteroatoms. The second kappa shape index (κ2) is 14.0. The van der Waals surface area contributed by atoms with Gasteiger partial charge in [-0.2, -0.15) is 0 Å². The molecular weight excluding hydrogens is 756 g/mol. The first-order valence-corrected chi connectivity index (χ1v) is 16.8. The summed E-state index contributed by atoms with van der Waals surface area (Å²) in [4.78, 5) is 0. The number of fused-ring (bicyclic) bond motifs is 1. The van der Waals surface area contributed by atoms with E-state index in [1.165, 1.54) is 11.1 Å². The molecule has 0 fully saturated rings. The summed E-state index contributed by atoms with van der Waals surface area (Å²) in [6, 6.07) is 20.6. The molecule has 5 rings (SSSR count). The second-order valence-corrected chi connectivity index (χ2v) is 12.6. The van der Waals surface area contributed by atoms with Crippen molar-refractivity contribution in [2.45, 2.75) is 29.5 Å². The Morgan fingerprint density at radius 2 is 1.05 bits per heavy atom. The van der Waals surface area contributed by atoms with Gasteiger partial charge in [-0.1, -0.05) is 40.2 Å². The van der Waals surface area contributed by atoms with Crippen LogP contribution in [0.5, 0.6) is 34.5 Å². The minimum Gasteiger partial charge on any atom is -0.497 e. The number of hydrogen-bond acceptors (Lipinski definition) is 6. The fraction of sp³-hybridized carbons (Fsp3) is 0.314. The zero-order valence-corrected chi connectivity index (χ0v) is 30.3. The first kappa shape index (κ1) is 32.5. The van der Waals surface area contributed by atoms with Crippen LogP contribution in [0.15, 0.2) is 69.6 Å². The molecule has 44 heavy (non-hydrogen) atoms. The smallest absolute Gasteiger partial charge is 0.137 e. The summed E-state index contributed by atoms with van der Waals surface area (Å²) in [6.45, 7) is 0. The molecule has 0 saturated carbocycles. The monoisotopic (exact) mass is 788 g/mol. The van der Waals surface area contributed by atoms with Gasteiger partial charge in [-0.05, 0) is 90.7 Å². The van der Waals surface area contributed by atoms with Gasteiger partial charge in [0.15, 0.2) is 0 Å². The predicted molar refractivity (Wildman–Crippen MR) is 184 cm³/mol. The molecule has 0 heterocycles. The average Bonchev–Trinajstić information content (AvgIpc) is 3.07. The summed E-state index contributed by atoms with van der Waals surface area (Å²) in [6.07, 6.45) is 0.806. The van der Waals surface area contributed by atoms with Crippen LogP contribution < -0.4 is 28.4 Å². The topological polar surface area (TPSA) is 55.4 Å². The summed E-state index contributed by atoms with van der Waals surface area (Å²) in [7, 11) is 10.1. The SMILES string of the molecule is COc1ccc(C2C[C@H](c3ccc(OC)cc3)c3c(OC)cc(OC)c(Br)c3C2c2c(OC)cc(OC)c(Br)c2CBr)cc1. The Morgan fingerprint density at radius 1 is 0.568 bits per heavy atom. The van der Waals surface area contributed by atoms with Crippen LogP contribution in [0.4, 0.5) is 0 Å². The van der Waals surface area contributed by atoms with Crippen molar-refractivity contribution < 1.29 is 28.4 Å². The minimum absolute atomic E-state index is 0.0107. The Bertz CT molecular complexity index is 1620. The molecule has 1 aliphatic rings. The maximum Gasteiger partial charge on any atom is 0.137 e. The van der Waals surface area contributed by atoms with Crippen LogP contribution in [0.3, 0.4) is 0 Å². The molecule has 4 aromatic carbocycles. The molecule has 0 bridgehead atoms. The van der Waals surface area contributed by atoms with Crippen molar-refractivity contribution in [3.05, 3.63) is 103 Å². The number of ether oxygens (including phenoxy) is 6. The third-order valence-electron chi connectivity index (χ3n) is 8.54. The Balaban J connectivity index is 1.91. The lowest BCUT2D eigenvalue weighted by Gasteiger charge is -2.42. The number of halogens is 3. The number of rotatable bonds is 10. The van der Waals surface area contributed by atoms with E-state index in [0.717, 1.165) is 60.6 Å². The summed E-state index contributed by atoms with van der Waals surface area (Å²) in [5.74, 6) is 4.41. The van der Waals surface area contributed by atoms with Gasteiger partial charge < -0.3 is 28.4 Å². The van der Waals surface area contributed by atoms with Crippen molar-refractivity contribution in [1.82, 2.24) is 0 Å². The van der Waals surface area contributed by atoms with E-state index in [0.29, 0.717) is 16.8 Å². The van der Waals surface area contributed by atoms with Crippen LogP contribution in [-0.4, -0.2) is 42.7 Å². The molecule has 232 valence electrons. The molecule has 4 aromatic rings. The maximum absolute atomic E-state index is 6.13. The van der Waals surface area contributed by atoms with Gasteiger partial charge in [0.25, 0.3) is 0 Å². The van der Waals surface area contributed by atoms with Crippen molar-refractivity contribution in [1.29, 1.82) is 0 Å². The zero-order chi connectivity index (χ0) is 31.5. The first-order chi connectivity index (χ1) is 21.3. The van der Waals surface area contributed by atoms with Crippen molar-refractivity contribution in [3.63, 3.8) is 0 Å². The highest BCUT2D eigenvalue weighted by molar-refractivity contribution is 9.11. The van der Waals surface area contributed by atoms with Gasteiger partial charge >= 0.3 is 0 Å². The van der Waals surface area contributed by atoms with Crippen molar-refractivity contribution >= 4 is 47.8 Å². The second-order valence-electron chi connectivity index (χ2n) is 10.5. The Kier molecular flexibility index (Phi) is 10.4. The fourth-order valence-electron chi connectivity index (χ4n) is 6.46. The van der Waals surface area contributed by atoms with Gasteiger partial charge in [-0.25, -0.2) is 0 Å². The lowest BCUT2D eigenvalue weighted by atomic mass is 9.63. The van der Waals surface area contributed by atoms with E-state index < -0.39 is 0 Å². The molecule has 6 nitrogen and oxygen atoms in total. The molecule has 0 N–H and O–H groups in total. The summed E-state index contributed by atoms with van der Waals surface area (Å²) < 4.78 is 36.7. The van der Waals surface area contributed by atoms with Gasteiger partial charge in [0.05, 0.1) is 51.6 Å². The lowest BCUT2D eigenvalue weighted by molar-refractivity contribution is 0.367. The third-order valence-corrected chi connectivity index (χ3v) is 10.8. The molecule has 3 atom stereocenters. The van der Waals surface area contributed by atoms with Crippen LogP contribution in [0.1, 0.15) is 57.6 Å². The maximum atomic E-state index is 6.13. The van der Waals surface area contributed by atoms with Crippen LogP contribution in [0.2, 0.25) is 0 Å². The number of methoxy groups -OCH3 is 6. The molecule has 1 aliphatic carbocycles. The number of benzene rings is 4. The minimum atomic E-state index is -0.157. The highest BCUT2D eigenvalue weighted by Gasteiger charge is 2.44. The van der Waals surface area contributed by atoms with E-state index in [2.05, 4.69) is 72.1 Å². The summed E-state index contributed by atoms with van der Waals surface area (Å²) in [5, 5.41) is 0.582. The first-order valence-electron chi connectivity index (χ1n) is 14.1. The Hall–Kier alpha value is -2.88. The van der Waals surface area contributed by atoms with Crippen LogP contribution in [-0.2, 0) is 5.33 Å². The fourth-order valence-corrected chi connectivity index (χ4v) is 8.79. The van der Waals surface area contributed by atoms with Gasteiger partial charge in [0, 0.05) is 40.4 Å². The summed E-state index contributed by atoms with van der Waals surface area (Å²) in [5.41, 5.74) is 6.66. The highest BCUT2D eigenvalue weighted by atomic mass is 79.9. The van der Waals surface area contributed by atoms with Crippen LogP contribution >= 0.6 is 47.8 Å². The van der Waals surface area contributed by atoms with Crippen molar-refractivity contribution in [2.24, 2.45) is 0 Å². The van der Waals surface area contributed by atoms with Crippen molar-refractivity contribution in [2.75, 3.05) is 42.7 Å². The third kappa shape index (κ3) is 5.79. The Labute approximate surface area is 284 Å². The molecule has 0 spiro atoms. The summed E-state index contributed by atoms with van der Waals surface area (Å²) >= 11 is 11.7. The van der Waals surface area contributed by atoms with E-state index in [1.54, 1.807) is 42.7 Å². The predicted octanol–water partition coefficient (Wildman–Crippen LogP) is 9.61. The molecule has 0 amide bonds. The van der Waals surface area contributed by atoms with E-state index >= 15 is 0 Å². The normalized spacial score (nSPS) is 17.4. The quantitative estimate of drug-likeness (QED) is 0.149. The average molecular weight is 791 g/mol. The van der Waals surface area contributed by atoms with E-state index in [1.807, 2.05) is 36.4 Å². The molecule has 2 unspecified atom stereocenters. The highest BCUT2D eigenvalue weighted by Crippen LogP contribution is 2.61.